The third kappa shape index (κ3) is 3.14. The Hall–Kier alpha value is -0.830. The van der Waals surface area contributed by atoms with Crippen LogP contribution >= 0.6 is 0 Å². The molecule has 3 nitrogen and oxygen atoms in total. The van der Waals surface area contributed by atoms with E-state index >= 15 is 0 Å². The highest BCUT2D eigenvalue weighted by Crippen LogP contribution is 2.14. The predicted octanol–water partition coefficient (Wildman–Crippen LogP) is 1.50. The van der Waals surface area contributed by atoms with Crippen LogP contribution in [-0.4, -0.2) is 25.5 Å². The van der Waals surface area contributed by atoms with Crippen LogP contribution in [0.25, 0.3) is 0 Å². The van der Waals surface area contributed by atoms with Crippen molar-refractivity contribution >= 4 is 5.78 Å². The molecule has 0 saturated heterocycles. The maximum absolute atomic E-state index is 11.8. The minimum atomic E-state index is 0.0132. The molecule has 0 radical (unpaired) electrons. The molecule has 1 aliphatic rings. The van der Waals surface area contributed by atoms with E-state index in [1.165, 1.54) is 0 Å². The molecule has 14 heavy (non-hydrogen) atoms. The van der Waals surface area contributed by atoms with E-state index in [1.807, 2.05) is 19.9 Å². The van der Waals surface area contributed by atoms with E-state index in [2.05, 4.69) is 5.32 Å². The number of hydrogen-bond acceptors (Lipinski definition) is 3. The minimum Gasteiger partial charge on any atom is -0.490 e. The average molecular weight is 197 g/mol. The summed E-state index contributed by atoms with van der Waals surface area (Å²) in [4.78, 5) is 11.8. The summed E-state index contributed by atoms with van der Waals surface area (Å²) in [7, 11) is 0. The standard InChI is InChI=1S/C11H19NO2/c1-3-12-8-9(2)11(13)10-6-4-5-7-14-10/h6,9,12H,3-5,7-8H2,1-2H3. The Morgan fingerprint density at radius 3 is 3.07 bits per heavy atom. The monoisotopic (exact) mass is 197 g/mol. The molecule has 0 saturated carbocycles. The normalized spacial score (nSPS) is 18.3. The number of Topliss-reactive ketones (excluding diaryl/α,β-unsaturated/α-hetero) is 1. The fraction of sp³-hybridized carbons (Fsp3) is 0.727. The van der Waals surface area contributed by atoms with Gasteiger partial charge in [0.15, 0.2) is 5.76 Å². The van der Waals surface area contributed by atoms with Crippen molar-refractivity contribution in [2.24, 2.45) is 5.92 Å². The van der Waals surface area contributed by atoms with Crippen molar-refractivity contribution in [3.8, 4) is 0 Å². The Morgan fingerprint density at radius 2 is 2.50 bits per heavy atom. The zero-order chi connectivity index (χ0) is 10.4. The van der Waals surface area contributed by atoms with Crippen LogP contribution in [0.2, 0.25) is 0 Å². The summed E-state index contributed by atoms with van der Waals surface area (Å²) in [5, 5.41) is 3.16. The molecule has 80 valence electrons. The van der Waals surface area contributed by atoms with Crippen molar-refractivity contribution in [2.75, 3.05) is 19.7 Å². The van der Waals surface area contributed by atoms with E-state index in [0.29, 0.717) is 12.4 Å². The Morgan fingerprint density at radius 1 is 1.71 bits per heavy atom. The molecule has 0 fully saturated rings. The van der Waals surface area contributed by atoms with Crippen molar-refractivity contribution in [1.29, 1.82) is 0 Å². The quantitative estimate of drug-likeness (QED) is 0.725. The molecule has 1 heterocycles. The summed E-state index contributed by atoms with van der Waals surface area (Å²) < 4.78 is 5.32. The summed E-state index contributed by atoms with van der Waals surface area (Å²) in [6.45, 7) is 6.29. The average Bonchev–Trinajstić information content (AvgIpc) is 2.26. The summed E-state index contributed by atoms with van der Waals surface area (Å²) in [5.41, 5.74) is 0. The van der Waals surface area contributed by atoms with E-state index in [0.717, 1.165) is 25.9 Å². The molecule has 1 unspecified atom stereocenters. The van der Waals surface area contributed by atoms with Gasteiger partial charge in [0, 0.05) is 12.5 Å². The van der Waals surface area contributed by atoms with Gasteiger partial charge in [-0.05, 0) is 25.5 Å². The van der Waals surface area contributed by atoms with E-state index in [4.69, 9.17) is 4.74 Å². The van der Waals surface area contributed by atoms with E-state index in [9.17, 15) is 4.79 Å². The lowest BCUT2D eigenvalue weighted by Crippen LogP contribution is -2.28. The minimum absolute atomic E-state index is 0.0132. The molecule has 0 aromatic rings. The smallest absolute Gasteiger partial charge is 0.201 e. The number of allylic oxidation sites excluding steroid dienone is 2. The van der Waals surface area contributed by atoms with Crippen molar-refractivity contribution in [3.63, 3.8) is 0 Å². The number of carbonyl (C=O) groups is 1. The SMILES string of the molecule is CCNCC(C)C(=O)C1=CCCCO1. The summed E-state index contributed by atoms with van der Waals surface area (Å²) in [6, 6.07) is 0. The first-order valence-corrected chi connectivity index (χ1v) is 5.33. The van der Waals surface area contributed by atoms with Gasteiger partial charge in [0.05, 0.1) is 6.61 Å². The van der Waals surface area contributed by atoms with Gasteiger partial charge in [-0.15, -0.1) is 0 Å². The van der Waals surface area contributed by atoms with Gasteiger partial charge < -0.3 is 10.1 Å². The first-order valence-electron chi connectivity index (χ1n) is 5.33. The zero-order valence-corrected chi connectivity index (χ0v) is 9.01. The molecule has 3 heteroatoms. The molecule has 0 aromatic carbocycles. The second-order valence-electron chi connectivity index (χ2n) is 3.63. The predicted molar refractivity (Wildman–Crippen MR) is 56.0 cm³/mol. The molecule has 0 amide bonds. The van der Waals surface area contributed by atoms with Crippen LogP contribution in [0, 0.1) is 5.92 Å². The second-order valence-corrected chi connectivity index (χ2v) is 3.63. The van der Waals surface area contributed by atoms with Crippen LogP contribution in [0.1, 0.15) is 26.7 Å². The largest absolute Gasteiger partial charge is 0.490 e. The highest BCUT2D eigenvalue weighted by Gasteiger charge is 2.19. The van der Waals surface area contributed by atoms with Crippen molar-refractivity contribution in [3.05, 3.63) is 11.8 Å². The van der Waals surface area contributed by atoms with Crippen LogP contribution in [0.3, 0.4) is 0 Å². The molecular weight excluding hydrogens is 178 g/mol. The molecule has 0 aromatic heterocycles. The number of carbonyl (C=O) groups excluding carboxylic acids is 1. The van der Waals surface area contributed by atoms with Crippen molar-refractivity contribution in [1.82, 2.24) is 5.32 Å². The van der Waals surface area contributed by atoms with Crippen LogP contribution < -0.4 is 5.32 Å². The molecule has 1 aliphatic heterocycles. The first-order chi connectivity index (χ1) is 6.75. The number of hydrogen-bond donors (Lipinski definition) is 1. The maximum atomic E-state index is 11.8. The lowest BCUT2D eigenvalue weighted by Gasteiger charge is -2.17. The highest BCUT2D eigenvalue weighted by molar-refractivity contribution is 5.95. The van der Waals surface area contributed by atoms with Gasteiger partial charge >= 0.3 is 0 Å². The van der Waals surface area contributed by atoms with Gasteiger partial charge in [-0.3, -0.25) is 4.79 Å². The molecule has 1 atom stereocenters. The zero-order valence-electron chi connectivity index (χ0n) is 9.01. The number of ether oxygens (including phenoxy) is 1. The third-order valence-corrected chi connectivity index (χ3v) is 2.33. The summed E-state index contributed by atoms with van der Waals surface area (Å²) >= 11 is 0. The summed E-state index contributed by atoms with van der Waals surface area (Å²) in [5.74, 6) is 0.714. The number of rotatable bonds is 5. The van der Waals surface area contributed by atoms with Crippen molar-refractivity contribution < 1.29 is 9.53 Å². The lowest BCUT2D eigenvalue weighted by atomic mass is 10.0. The molecule has 1 rings (SSSR count). The van der Waals surface area contributed by atoms with Crippen LogP contribution in [0.5, 0.6) is 0 Å². The molecular formula is C11H19NO2. The fourth-order valence-corrected chi connectivity index (χ4v) is 1.43. The Kier molecular flexibility index (Phi) is 4.66. The van der Waals surface area contributed by atoms with E-state index in [1.54, 1.807) is 0 Å². The fourth-order valence-electron chi connectivity index (χ4n) is 1.43. The van der Waals surface area contributed by atoms with Crippen LogP contribution in [-0.2, 0) is 9.53 Å². The van der Waals surface area contributed by atoms with Gasteiger partial charge in [0.25, 0.3) is 0 Å². The van der Waals surface area contributed by atoms with Crippen LogP contribution in [0.4, 0.5) is 0 Å². The number of nitrogens with one attached hydrogen (secondary N) is 1. The van der Waals surface area contributed by atoms with Gasteiger partial charge in [-0.25, -0.2) is 0 Å². The molecule has 0 bridgehead atoms. The highest BCUT2D eigenvalue weighted by atomic mass is 16.5. The first kappa shape index (κ1) is 11.2. The number of ketones is 1. The van der Waals surface area contributed by atoms with Gasteiger partial charge in [0.2, 0.25) is 5.78 Å². The summed E-state index contributed by atoms with van der Waals surface area (Å²) in [6.07, 6.45) is 3.90. The van der Waals surface area contributed by atoms with Crippen molar-refractivity contribution in [2.45, 2.75) is 26.7 Å². The molecule has 1 N–H and O–H groups in total. The van der Waals surface area contributed by atoms with Gasteiger partial charge in [0.1, 0.15) is 0 Å². The van der Waals surface area contributed by atoms with E-state index < -0.39 is 0 Å². The van der Waals surface area contributed by atoms with Gasteiger partial charge in [-0.1, -0.05) is 13.8 Å². The second kappa shape index (κ2) is 5.81. The van der Waals surface area contributed by atoms with Gasteiger partial charge in [-0.2, -0.15) is 0 Å². The molecule has 0 spiro atoms. The van der Waals surface area contributed by atoms with Crippen LogP contribution in [0.15, 0.2) is 11.8 Å². The lowest BCUT2D eigenvalue weighted by molar-refractivity contribution is -0.122. The Balaban J connectivity index is 2.42. The Bertz CT molecular complexity index is 223. The third-order valence-electron chi connectivity index (χ3n) is 2.33. The Labute approximate surface area is 85.5 Å². The maximum Gasteiger partial charge on any atom is 0.201 e. The van der Waals surface area contributed by atoms with E-state index in [-0.39, 0.29) is 11.7 Å². The molecule has 0 aliphatic carbocycles. The topological polar surface area (TPSA) is 38.3 Å².